The second kappa shape index (κ2) is 9.36. The van der Waals surface area contributed by atoms with Crippen LogP contribution < -0.4 is 10.0 Å². The number of unbranched alkanes of at least 4 members (excludes halogenated alkanes) is 1. The van der Waals surface area contributed by atoms with Crippen LogP contribution in [-0.2, 0) is 21.3 Å². The van der Waals surface area contributed by atoms with Crippen molar-refractivity contribution < 1.29 is 22.4 Å². The van der Waals surface area contributed by atoms with Crippen LogP contribution in [-0.4, -0.2) is 34.6 Å². The Kier molecular flexibility index (Phi) is 7.17. The van der Waals surface area contributed by atoms with Gasteiger partial charge in [0, 0.05) is 25.8 Å². The van der Waals surface area contributed by atoms with E-state index in [1.807, 2.05) is 0 Å². The van der Waals surface area contributed by atoms with Crippen molar-refractivity contribution in [2.45, 2.75) is 24.3 Å². The lowest BCUT2D eigenvalue weighted by Crippen LogP contribution is -2.25. The molecule has 1 aromatic carbocycles. The molecule has 0 aliphatic rings. The first-order valence-electron chi connectivity index (χ1n) is 7.92. The van der Waals surface area contributed by atoms with E-state index in [0.717, 1.165) is 12.8 Å². The van der Waals surface area contributed by atoms with Gasteiger partial charge in [-0.25, -0.2) is 13.1 Å². The predicted molar refractivity (Wildman–Crippen MR) is 92.6 cm³/mol. The molecule has 136 valence electrons. The quantitative estimate of drug-likeness (QED) is 0.626. The van der Waals surface area contributed by atoms with Crippen LogP contribution in [0.25, 0.3) is 0 Å². The number of ether oxygens (including phenoxy) is 1. The van der Waals surface area contributed by atoms with Gasteiger partial charge in [-0.1, -0.05) is 0 Å². The number of hydrogen-bond acceptors (Lipinski definition) is 5. The van der Waals surface area contributed by atoms with E-state index >= 15 is 0 Å². The van der Waals surface area contributed by atoms with E-state index in [2.05, 4.69) is 10.0 Å². The van der Waals surface area contributed by atoms with Gasteiger partial charge in [0.1, 0.15) is 5.76 Å². The van der Waals surface area contributed by atoms with Crippen LogP contribution in [0.5, 0.6) is 0 Å². The maximum atomic E-state index is 12.2. The van der Waals surface area contributed by atoms with Gasteiger partial charge < -0.3 is 14.5 Å². The topological polar surface area (TPSA) is 97.6 Å². The van der Waals surface area contributed by atoms with Crippen LogP contribution in [0, 0.1) is 0 Å². The fourth-order valence-corrected chi connectivity index (χ4v) is 3.12. The first-order valence-corrected chi connectivity index (χ1v) is 9.40. The Bertz CT molecular complexity index is 755. The van der Waals surface area contributed by atoms with Crippen molar-refractivity contribution in [1.29, 1.82) is 0 Å². The van der Waals surface area contributed by atoms with Crippen molar-refractivity contribution in [1.82, 2.24) is 10.0 Å². The first-order chi connectivity index (χ1) is 12.0. The average Bonchev–Trinajstić information content (AvgIpc) is 3.13. The molecule has 2 N–H and O–H groups in total. The zero-order valence-corrected chi connectivity index (χ0v) is 14.8. The normalized spacial score (nSPS) is 11.4. The van der Waals surface area contributed by atoms with Gasteiger partial charge in [0.05, 0.1) is 17.7 Å². The highest BCUT2D eigenvalue weighted by Crippen LogP contribution is 2.11. The third-order valence-electron chi connectivity index (χ3n) is 3.50. The van der Waals surface area contributed by atoms with E-state index in [4.69, 9.17) is 9.15 Å². The number of rotatable bonds is 10. The van der Waals surface area contributed by atoms with E-state index in [1.54, 1.807) is 19.2 Å². The molecule has 0 saturated heterocycles. The van der Waals surface area contributed by atoms with Crippen molar-refractivity contribution in [2.75, 3.05) is 20.3 Å². The molecule has 7 nitrogen and oxygen atoms in total. The Balaban J connectivity index is 1.88. The van der Waals surface area contributed by atoms with Gasteiger partial charge in [0.15, 0.2) is 0 Å². The minimum Gasteiger partial charge on any atom is -0.468 e. The molecule has 2 rings (SSSR count). The Morgan fingerprint density at radius 1 is 1.16 bits per heavy atom. The molecule has 0 spiro atoms. The van der Waals surface area contributed by atoms with E-state index in [-0.39, 0.29) is 17.3 Å². The summed E-state index contributed by atoms with van der Waals surface area (Å²) in [6.45, 7) is 1.28. The summed E-state index contributed by atoms with van der Waals surface area (Å²) in [5.74, 6) is 0.290. The fraction of sp³-hybridized carbons (Fsp3) is 0.353. The van der Waals surface area contributed by atoms with Crippen molar-refractivity contribution in [3.8, 4) is 0 Å². The number of nitrogens with one attached hydrogen (secondary N) is 2. The van der Waals surface area contributed by atoms with Crippen LogP contribution in [0.3, 0.4) is 0 Å². The summed E-state index contributed by atoms with van der Waals surface area (Å²) in [7, 11) is -2.03. The molecule has 0 aliphatic heterocycles. The smallest absolute Gasteiger partial charge is 0.251 e. The summed E-state index contributed by atoms with van der Waals surface area (Å²) in [4.78, 5) is 12.1. The summed E-state index contributed by atoms with van der Waals surface area (Å²) >= 11 is 0. The van der Waals surface area contributed by atoms with Gasteiger partial charge >= 0.3 is 0 Å². The van der Waals surface area contributed by atoms with Gasteiger partial charge in [0.2, 0.25) is 10.0 Å². The molecule has 8 heteroatoms. The van der Waals surface area contributed by atoms with Crippen molar-refractivity contribution >= 4 is 15.9 Å². The fourth-order valence-electron chi connectivity index (χ4n) is 2.12. The molecule has 1 heterocycles. The lowest BCUT2D eigenvalue weighted by atomic mass is 10.2. The maximum Gasteiger partial charge on any atom is 0.251 e. The van der Waals surface area contributed by atoms with Crippen molar-refractivity contribution in [2.24, 2.45) is 0 Å². The number of methoxy groups -OCH3 is 1. The molecule has 0 saturated carbocycles. The van der Waals surface area contributed by atoms with Gasteiger partial charge in [-0.2, -0.15) is 0 Å². The third-order valence-corrected chi connectivity index (χ3v) is 4.92. The van der Waals surface area contributed by atoms with E-state index < -0.39 is 10.0 Å². The third kappa shape index (κ3) is 6.00. The van der Waals surface area contributed by atoms with Crippen molar-refractivity contribution in [3.63, 3.8) is 0 Å². The minimum atomic E-state index is -3.66. The molecular formula is C17H22N2O5S. The maximum absolute atomic E-state index is 12.2. The number of carbonyl (C=O) groups excluding carboxylic acids is 1. The molecule has 0 unspecified atom stereocenters. The SMILES string of the molecule is COCCCCNC(=O)c1ccc(S(=O)(=O)NCc2ccco2)cc1. The predicted octanol–water partition coefficient (Wildman–Crippen LogP) is 1.91. The van der Waals surface area contributed by atoms with Crippen LogP contribution in [0.2, 0.25) is 0 Å². The molecule has 25 heavy (non-hydrogen) atoms. The molecule has 1 aromatic heterocycles. The summed E-state index contributed by atoms with van der Waals surface area (Å²) < 4.78 is 36.9. The molecule has 0 bridgehead atoms. The van der Waals surface area contributed by atoms with E-state index in [1.165, 1.54) is 30.5 Å². The minimum absolute atomic E-state index is 0.0685. The van der Waals surface area contributed by atoms with Crippen LogP contribution in [0.4, 0.5) is 0 Å². The average molecular weight is 366 g/mol. The summed E-state index contributed by atoms with van der Waals surface area (Å²) in [5.41, 5.74) is 0.414. The number of amides is 1. The highest BCUT2D eigenvalue weighted by molar-refractivity contribution is 7.89. The lowest BCUT2D eigenvalue weighted by Gasteiger charge is -2.08. The summed E-state index contributed by atoms with van der Waals surface area (Å²) in [6, 6.07) is 9.17. The second-order valence-electron chi connectivity index (χ2n) is 5.38. The number of furan rings is 1. The highest BCUT2D eigenvalue weighted by Gasteiger charge is 2.15. The summed E-state index contributed by atoms with van der Waals surface area (Å²) in [5, 5.41) is 2.79. The van der Waals surface area contributed by atoms with Gasteiger partial charge in [-0.3, -0.25) is 4.79 Å². The molecule has 1 amide bonds. The van der Waals surface area contributed by atoms with Crippen LogP contribution >= 0.6 is 0 Å². The Morgan fingerprint density at radius 3 is 2.56 bits per heavy atom. The molecule has 0 atom stereocenters. The van der Waals surface area contributed by atoms with Crippen molar-refractivity contribution in [3.05, 3.63) is 54.0 Å². The van der Waals surface area contributed by atoms with Crippen LogP contribution in [0.15, 0.2) is 52.0 Å². The largest absolute Gasteiger partial charge is 0.468 e. The number of carbonyl (C=O) groups is 1. The van der Waals surface area contributed by atoms with E-state index in [0.29, 0.717) is 24.5 Å². The molecular weight excluding hydrogens is 344 g/mol. The monoisotopic (exact) mass is 366 g/mol. The van der Waals surface area contributed by atoms with Gasteiger partial charge in [-0.15, -0.1) is 0 Å². The van der Waals surface area contributed by atoms with Gasteiger partial charge in [0.25, 0.3) is 5.91 Å². The molecule has 0 fully saturated rings. The molecule has 2 aromatic rings. The van der Waals surface area contributed by atoms with Crippen LogP contribution in [0.1, 0.15) is 29.0 Å². The Morgan fingerprint density at radius 2 is 1.92 bits per heavy atom. The van der Waals surface area contributed by atoms with E-state index in [9.17, 15) is 13.2 Å². The first kappa shape index (κ1) is 19.2. The Labute approximate surface area is 147 Å². The van der Waals surface area contributed by atoms with Gasteiger partial charge in [-0.05, 0) is 49.2 Å². The standard InChI is InChI=1S/C17H22N2O5S/c1-23-11-3-2-10-18-17(20)14-6-8-16(9-7-14)25(21,22)19-13-15-5-4-12-24-15/h4-9,12,19H,2-3,10-11,13H2,1H3,(H,18,20). The summed E-state index contributed by atoms with van der Waals surface area (Å²) in [6.07, 6.45) is 3.17. The zero-order chi connectivity index (χ0) is 18.1. The second-order valence-corrected chi connectivity index (χ2v) is 7.15. The molecule has 0 radical (unpaired) electrons. The molecule has 0 aliphatic carbocycles. The number of benzene rings is 1. The number of sulfonamides is 1. The zero-order valence-electron chi connectivity index (χ0n) is 14.0. The Hall–Kier alpha value is -2.16. The highest BCUT2D eigenvalue weighted by atomic mass is 32.2. The lowest BCUT2D eigenvalue weighted by molar-refractivity contribution is 0.0951. The number of hydrogen-bond donors (Lipinski definition) is 2.